The number of halogens is 3. The third-order valence-electron chi connectivity index (χ3n) is 9.57. The minimum Gasteiger partial charge on any atom is -0.444 e. The Morgan fingerprint density at radius 3 is 2.63 bits per heavy atom. The van der Waals surface area contributed by atoms with Crippen LogP contribution in [0, 0.1) is 23.0 Å². The quantitative estimate of drug-likeness (QED) is 0.189. The number of ether oxygens (including phenoxy) is 1. The van der Waals surface area contributed by atoms with Crippen molar-refractivity contribution in [3.63, 3.8) is 0 Å². The molecule has 0 N–H and O–H groups in total. The lowest BCUT2D eigenvalue weighted by atomic mass is 9.95. The third kappa shape index (κ3) is 5.78. The maximum absolute atomic E-state index is 17.0. The van der Waals surface area contributed by atoms with Gasteiger partial charge in [0, 0.05) is 53.8 Å². The molecule has 0 aliphatic carbocycles. The van der Waals surface area contributed by atoms with Crippen molar-refractivity contribution in [3.8, 4) is 17.2 Å². The molecule has 0 spiro atoms. The molecule has 0 radical (unpaired) electrons. The maximum Gasteiger partial charge on any atom is 0.410 e. The molecule has 0 saturated carbocycles. The van der Waals surface area contributed by atoms with Crippen LogP contribution in [0.3, 0.4) is 0 Å². The molecule has 2 saturated heterocycles. The molecule has 2 aromatic carbocycles. The van der Waals surface area contributed by atoms with Crippen LogP contribution in [0.2, 0.25) is 5.02 Å². The highest BCUT2D eigenvalue weighted by atomic mass is 35.5. The van der Waals surface area contributed by atoms with Gasteiger partial charge in [0.2, 0.25) is 0 Å². The van der Waals surface area contributed by atoms with E-state index in [-0.39, 0.29) is 34.0 Å². The average Bonchev–Trinajstić information content (AvgIpc) is 3.47. The number of rotatable bonds is 5. The number of hydrogen-bond donors (Lipinski definition) is 0. The predicted octanol–water partition coefficient (Wildman–Crippen LogP) is 7.34. The molecular weight excluding hydrogens is 650 g/mol. The van der Waals surface area contributed by atoms with Crippen LogP contribution in [0.15, 0.2) is 42.7 Å². The molecule has 5 aromatic rings. The van der Waals surface area contributed by atoms with E-state index in [1.165, 1.54) is 18.3 Å². The number of piperidine rings is 1. The van der Waals surface area contributed by atoms with Gasteiger partial charge in [-0.2, -0.15) is 10.4 Å². The van der Waals surface area contributed by atoms with Crippen LogP contribution in [-0.2, 0) is 4.74 Å². The highest BCUT2D eigenvalue weighted by molar-refractivity contribution is 6.35. The summed E-state index contributed by atoms with van der Waals surface area (Å²) in [6, 6.07) is 9.66. The Hall–Kier alpha value is -4.60. The van der Waals surface area contributed by atoms with Gasteiger partial charge in [0.25, 0.3) is 0 Å². The molecule has 2 atom stereocenters. The summed E-state index contributed by atoms with van der Waals surface area (Å²) in [6.07, 6.45) is 3.98. The van der Waals surface area contributed by atoms with Gasteiger partial charge in [-0.15, -0.1) is 0 Å². The first-order valence-electron chi connectivity index (χ1n) is 16.4. The van der Waals surface area contributed by atoms with E-state index in [1.54, 1.807) is 29.3 Å². The zero-order chi connectivity index (χ0) is 34.8. The number of likely N-dealkylation sites (tertiary alicyclic amines) is 1. The molecule has 1 amide bonds. The van der Waals surface area contributed by atoms with Crippen LogP contribution in [0.4, 0.5) is 19.4 Å². The van der Waals surface area contributed by atoms with Gasteiger partial charge in [-0.25, -0.2) is 18.6 Å². The van der Waals surface area contributed by atoms with Crippen molar-refractivity contribution in [2.24, 2.45) is 0 Å². The largest absolute Gasteiger partial charge is 0.444 e. The highest BCUT2D eigenvalue weighted by Gasteiger charge is 2.37. The monoisotopic (exact) mass is 686 g/mol. The zero-order valence-corrected chi connectivity index (χ0v) is 28.8. The topological polar surface area (TPSA) is 103 Å². The number of hydrogen-bond acceptors (Lipinski definition) is 8. The number of anilines is 1. The summed E-state index contributed by atoms with van der Waals surface area (Å²) in [5.74, 6) is -0.486. The fraction of sp³-hybridized carbons (Fsp3) is 0.417. The predicted molar refractivity (Wildman–Crippen MR) is 186 cm³/mol. The summed E-state index contributed by atoms with van der Waals surface area (Å²) >= 11 is 6.93. The van der Waals surface area contributed by atoms with Crippen LogP contribution in [0.1, 0.15) is 46.1 Å². The Kier molecular flexibility index (Phi) is 8.32. The number of nitrogens with zero attached hydrogens (tertiary/aromatic N) is 8. The van der Waals surface area contributed by atoms with Crippen molar-refractivity contribution in [3.05, 3.63) is 59.4 Å². The summed E-state index contributed by atoms with van der Waals surface area (Å²) in [7, 11) is 4.06. The number of carbonyl (C=O) groups is 1. The van der Waals surface area contributed by atoms with Crippen molar-refractivity contribution >= 4 is 56.2 Å². The minimum absolute atomic E-state index is 0.0938. The molecule has 2 aliphatic rings. The summed E-state index contributed by atoms with van der Waals surface area (Å²) in [6.45, 7) is 7.22. The van der Waals surface area contributed by atoms with E-state index in [0.29, 0.717) is 66.3 Å². The van der Waals surface area contributed by atoms with Crippen LogP contribution >= 0.6 is 11.6 Å². The van der Waals surface area contributed by atoms with Gasteiger partial charge in [0.1, 0.15) is 22.8 Å². The summed E-state index contributed by atoms with van der Waals surface area (Å²) in [4.78, 5) is 28.3. The molecule has 49 heavy (non-hydrogen) atoms. The smallest absolute Gasteiger partial charge is 0.410 e. The molecule has 2 aliphatic heterocycles. The fourth-order valence-corrected chi connectivity index (χ4v) is 7.32. The van der Waals surface area contributed by atoms with Gasteiger partial charge in [-0.1, -0.05) is 11.6 Å². The first-order chi connectivity index (χ1) is 23.4. The molecule has 254 valence electrons. The van der Waals surface area contributed by atoms with E-state index in [0.717, 1.165) is 5.39 Å². The highest BCUT2D eigenvalue weighted by Crippen LogP contribution is 2.44. The van der Waals surface area contributed by atoms with Crippen LogP contribution in [-0.4, -0.2) is 87.1 Å². The van der Waals surface area contributed by atoms with E-state index in [9.17, 15) is 14.4 Å². The SMILES string of the molecule is CN(C)C1CN(c2nc3c(F)c(-c4ccc(F)c5cccnc45)c(Cl)cc3c3c2cnn3[C@H]2CCN(C(=O)OC(C)(C)C)[C@H](CC#N)C2)C1. The van der Waals surface area contributed by atoms with Crippen molar-refractivity contribution in [1.29, 1.82) is 5.26 Å². The molecule has 7 rings (SSSR count). The van der Waals surface area contributed by atoms with Crippen LogP contribution in [0.25, 0.3) is 43.8 Å². The lowest BCUT2D eigenvalue weighted by Gasteiger charge is -2.43. The molecular formula is C36H37ClF2N8O2. The van der Waals surface area contributed by atoms with Gasteiger partial charge in [-0.05, 0) is 78.0 Å². The van der Waals surface area contributed by atoms with E-state index >= 15 is 4.39 Å². The van der Waals surface area contributed by atoms with Crippen LogP contribution in [0.5, 0.6) is 0 Å². The number of fused-ring (bicyclic) bond motifs is 4. The first kappa shape index (κ1) is 32.9. The minimum atomic E-state index is -0.674. The number of carbonyl (C=O) groups excluding carboxylic acids is 1. The van der Waals surface area contributed by atoms with Crippen molar-refractivity contribution in [2.75, 3.05) is 38.6 Å². The van der Waals surface area contributed by atoms with Crippen molar-refractivity contribution in [1.82, 2.24) is 29.5 Å². The Morgan fingerprint density at radius 1 is 1.14 bits per heavy atom. The van der Waals surface area contributed by atoms with Gasteiger partial charge >= 0.3 is 6.09 Å². The second-order valence-electron chi connectivity index (χ2n) is 14.1. The van der Waals surface area contributed by atoms with Crippen molar-refractivity contribution < 1.29 is 18.3 Å². The Balaban J connectivity index is 1.38. The Morgan fingerprint density at radius 2 is 1.92 bits per heavy atom. The second-order valence-corrected chi connectivity index (χ2v) is 14.5. The molecule has 10 nitrogen and oxygen atoms in total. The Labute approximate surface area is 287 Å². The van der Waals surface area contributed by atoms with E-state index in [2.05, 4.69) is 20.9 Å². The van der Waals surface area contributed by atoms with Gasteiger partial charge in [-0.3, -0.25) is 9.67 Å². The lowest BCUT2D eigenvalue weighted by molar-refractivity contribution is 0.00565. The van der Waals surface area contributed by atoms with Crippen LogP contribution < -0.4 is 4.90 Å². The normalized spacial score (nSPS) is 18.8. The number of nitriles is 1. The Bertz CT molecular complexity index is 2150. The molecule has 0 unspecified atom stereocenters. The molecule has 3 aromatic heterocycles. The average molecular weight is 687 g/mol. The van der Waals surface area contributed by atoms with E-state index < -0.39 is 29.4 Å². The molecule has 0 bridgehead atoms. The van der Waals surface area contributed by atoms with Gasteiger partial charge < -0.3 is 19.4 Å². The number of likely N-dealkylation sites (N-methyl/N-ethyl adjacent to an activating group) is 1. The van der Waals surface area contributed by atoms with Crippen molar-refractivity contribution in [2.45, 2.75) is 63.8 Å². The lowest BCUT2D eigenvalue weighted by Crippen LogP contribution is -2.57. The second kappa shape index (κ2) is 12.4. The van der Waals surface area contributed by atoms with E-state index in [1.807, 2.05) is 39.5 Å². The van der Waals surface area contributed by atoms with Gasteiger partial charge in [0.15, 0.2) is 5.82 Å². The number of amides is 1. The zero-order valence-electron chi connectivity index (χ0n) is 28.0. The molecule has 2 fully saturated rings. The maximum atomic E-state index is 17.0. The molecule has 13 heteroatoms. The number of aromatic nitrogens is 4. The number of benzene rings is 2. The van der Waals surface area contributed by atoms with E-state index in [4.69, 9.17) is 26.4 Å². The number of pyridine rings is 2. The fourth-order valence-electron chi connectivity index (χ4n) is 7.03. The summed E-state index contributed by atoms with van der Waals surface area (Å²) in [5, 5.41) is 16.2. The third-order valence-corrected chi connectivity index (χ3v) is 9.87. The summed E-state index contributed by atoms with van der Waals surface area (Å²) < 4.78 is 39.3. The van der Waals surface area contributed by atoms with Gasteiger partial charge in [0.05, 0.1) is 52.2 Å². The first-order valence-corrected chi connectivity index (χ1v) is 16.7. The standard InChI is InChI=1S/C36H37ClF2N8O2/c1-36(2,3)49-35(48)46-14-11-21(15-20(46)10-12-40)47-33-25-16-27(37)29(24-8-9-28(38)23-7-6-13-41-31(23)24)30(39)32(25)43-34(26(33)17-42-47)45-18-22(19-45)44(4)5/h6-9,13,16-17,20-22H,10-11,14-15,18-19H2,1-5H3/t20-,21+/m1/s1. The summed E-state index contributed by atoms with van der Waals surface area (Å²) in [5.41, 5.74) is 0.872. The molecule has 5 heterocycles.